The molecule has 0 spiro atoms. The van der Waals surface area contributed by atoms with E-state index in [0.29, 0.717) is 11.4 Å². The van der Waals surface area contributed by atoms with Crippen LogP contribution in [0.25, 0.3) is 0 Å². The quantitative estimate of drug-likeness (QED) is 0.625. The molecule has 9 heteroatoms. The number of anilines is 2. The zero-order chi connectivity index (χ0) is 18.6. The predicted molar refractivity (Wildman–Crippen MR) is 104 cm³/mol. The Kier molecular flexibility index (Phi) is 6.01. The predicted octanol–water partition coefficient (Wildman–Crippen LogP) is 1.93. The molecule has 0 bridgehead atoms. The molecule has 2 amide bonds. The molecule has 7 nitrogen and oxygen atoms in total. The summed E-state index contributed by atoms with van der Waals surface area (Å²) in [6.07, 6.45) is 0. The fourth-order valence-corrected chi connectivity index (χ4v) is 4.08. The number of sulfonamides is 1. The Balaban J connectivity index is 2.44. The maximum Gasteiger partial charge on any atom is 0.264 e. The minimum atomic E-state index is -3.99. The third-order valence-corrected chi connectivity index (χ3v) is 5.62. The van der Waals surface area contributed by atoms with Crippen LogP contribution in [0.5, 0.6) is 0 Å². The summed E-state index contributed by atoms with van der Waals surface area (Å²) in [6, 6.07) is 12.4. The van der Waals surface area contributed by atoms with Crippen LogP contribution in [0.1, 0.15) is 6.92 Å². The number of primary amides is 1. The second-order valence-electron chi connectivity index (χ2n) is 5.16. The van der Waals surface area contributed by atoms with Gasteiger partial charge in [0.25, 0.3) is 10.0 Å². The van der Waals surface area contributed by atoms with E-state index in [0.717, 1.165) is 7.88 Å². The van der Waals surface area contributed by atoms with Crippen molar-refractivity contribution < 1.29 is 18.0 Å². The first-order valence-corrected chi connectivity index (χ1v) is 9.66. The molecule has 2 aromatic carbocycles. The monoisotopic (exact) mass is 473 g/mol. The van der Waals surface area contributed by atoms with Gasteiger partial charge in [-0.05, 0) is 65.1 Å². The van der Waals surface area contributed by atoms with Crippen molar-refractivity contribution in [3.63, 3.8) is 0 Å². The largest absolute Gasteiger partial charge is 0.368 e. The minimum Gasteiger partial charge on any atom is -0.368 e. The Hall–Kier alpha value is -2.14. The van der Waals surface area contributed by atoms with E-state index in [2.05, 4.69) is 27.9 Å². The number of amides is 2. The van der Waals surface area contributed by atoms with Crippen LogP contribution < -0.4 is 15.4 Å². The third kappa shape index (κ3) is 4.92. The van der Waals surface area contributed by atoms with Gasteiger partial charge >= 0.3 is 0 Å². The SMILES string of the molecule is CC(=O)Nc1ccc(S(=O)(=O)N(CC(N)=O)c2cccc(I)c2)cc1. The molecule has 132 valence electrons. The summed E-state index contributed by atoms with van der Waals surface area (Å²) in [4.78, 5) is 22.4. The Bertz CT molecular complexity index is 898. The lowest BCUT2D eigenvalue weighted by atomic mass is 10.3. The average molecular weight is 473 g/mol. The molecule has 0 atom stereocenters. The van der Waals surface area contributed by atoms with Gasteiger partial charge in [0, 0.05) is 16.2 Å². The molecule has 0 saturated heterocycles. The number of carbonyl (C=O) groups excluding carboxylic acids is 2. The lowest BCUT2D eigenvalue weighted by molar-refractivity contribution is -0.116. The van der Waals surface area contributed by atoms with Crippen LogP contribution in [0.2, 0.25) is 0 Å². The van der Waals surface area contributed by atoms with Crippen LogP contribution in [0.15, 0.2) is 53.4 Å². The highest BCUT2D eigenvalue weighted by Gasteiger charge is 2.26. The Morgan fingerprint density at radius 2 is 1.80 bits per heavy atom. The number of halogens is 1. The standard InChI is InChI=1S/C16H16IN3O4S/c1-11(21)19-13-5-7-15(8-6-13)25(23,24)20(10-16(18)22)14-4-2-3-12(17)9-14/h2-9H,10H2,1H3,(H2,18,22)(H,19,21). The summed E-state index contributed by atoms with van der Waals surface area (Å²) in [5.74, 6) is -1.03. The van der Waals surface area contributed by atoms with Gasteiger partial charge in [0.1, 0.15) is 6.54 Å². The summed E-state index contributed by atoms with van der Waals surface area (Å²) in [5.41, 5.74) is 6.05. The molecule has 0 radical (unpaired) electrons. The fraction of sp³-hybridized carbons (Fsp3) is 0.125. The molecule has 2 rings (SSSR count). The lowest BCUT2D eigenvalue weighted by Crippen LogP contribution is -2.38. The van der Waals surface area contributed by atoms with Crippen molar-refractivity contribution in [2.45, 2.75) is 11.8 Å². The van der Waals surface area contributed by atoms with Gasteiger partial charge in [-0.3, -0.25) is 13.9 Å². The summed E-state index contributed by atoms with van der Waals surface area (Å²) < 4.78 is 27.7. The molecule has 0 aliphatic heterocycles. The smallest absolute Gasteiger partial charge is 0.264 e. The van der Waals surface area contributed by atoms with Crippen LogP contribution in [0.3, 0.4) is 0 Å². The number of hydrogen-bond donors (Lipinski definition) is 2. The highest BCUT2D eigenvalue weighted by molar-refractivity contribution is 14.1. The molecular weight excluding hydrogens is 457 g/mol. The first-order valence-electron chi connectivity index (χ1n) is 7.14. The Labute approximate surface area is 159 Å². The maximum atomic E-state index is 12.9. The Morgan fingerprint density at radius 1 is 1.16 bits per heavy atom. The highest BCUT2D eigenvalue weighted by Crippen LogP contribution is 2.25. The van der Waals surface area contributed by atoms with Crippen LogP contribution in [-0.4, -0.2) is 26.8 Å². The molecule has 0 aromatic heterocycles. The molecule has 0 fully saturated rings. The molecule has 0 heterocycles. The number of benzene rings is 2. The highest BCUT2D eigenvalue weighted by atomic mass is 127. The lowest BCUT2D eigenvalue weighted by Gasteiger charge is -2.23. The summed E-state index contributed by atoms with van der Waals surface area (Å²) in [7, 11) is -3.99. The van der Waals surface area contributed by atoms with Crippen LogP contribution >= 0.6 is 22.6 Å². The number of nitrogens with two attached hydrogens (primary N) is 1. The van der Waals surface area contributed by atoms with Gasteiger partial charge in [-0.2, -0.15) is 0 Å². The van der Waals surface area contributed by atoms with Gasteiger partial charge in [0.15, 0.2) is 0 Å². The van der Waals surface area contributed by atoms with E-state index in [9.17, 15) is 18.0 Å². The number of carbonyl (C=O) groups is 2. The van der Waals surface area contributed by atoms with Crippen molar-refractivity contribution in [1.29, 1.82) is 0 Å². The van der Waals surface area contributed by atoms with E-state index in [1.54, 1.807) is 24.3 Å². The first kappa shape index (κ1) is 19.2. The van der Waals surface area contributed by atoms with Gasteiger partial charge in [0.2, 0.25) is 11.8 Å². The van der Waals surface area contributed by atoms with Crippen molar-refractivity contribution >= 4 is 55.8 Å². The molecule has 0 unspecified atom stereocenters. The molecule has 0 saturated carbocycles. The first-order chi connectivity index (χ1) is 11.7. The minimum absolute atomic E-state index is 0.0123. The van der Waals surface area contributed by atoms with E-state index in [1.165, 1.54) is 31.2 Å². The van der Waals surface area contributed by atoms with Gasteiger partial charge in [-0.25, -0.2) is 8.42 Å². The molecule has 25 heavy (non-hydrogen) atoms. The second kappa shape index (κ2) is 7.83. The topological polar surface area (TPSA) is 110 Å². The van der Waals surface area contributed by atoms with Crippen molar-refractivity contribution in [2.75, 3.05) is 16.2 Å². The van der Waals surface area contributed by atoms with Crippen LogP contribution in [0.4, 0.5) is 11.4 Å². The van der Waals surface area contributed by atoms with Gasteiger partial charge in [0.05, 0.1) is 10.6 Å². The van der Waals surface area contributed by atoms with Gasteiger partial charge in [-0.1, -0.05) is 6.07 Å². The zero-order valence-electron chi connectivity index (χ0n) is 13.3. The number of nitrogens with zero attached hydrogens (tertiary/aromatic N) is 1. The molecule has 0 aliphatic carbocycles. The average Bonchev–Trinajstić information content (AvgIpc) is 2.52. The number of rotatable bonds is 6. The molecular formula is C16H16IN3O4S. The van der Waals surface area contributed by atoms with Crippen molar-refractivity contribution in [3.05, 3.63) is 52.1 Å². The van der Waals surface area contributed by atoms with Gasteiger partial charge < -0.3 is 11.1 Å². The fourth-order valence-electron chi connectivity index (χ4n) is 2.13. The second-order valence-corrected chi connectivity index (χ2v) is 8.27. The van der Waals surface area contributed by atoms with Crippen LogP contribution in [0, 0.1) is 3.57 Å². The van der Waals surface area contributed by atoms with Crippen molar-refractivity contribution in [2.24, 2.45) is 5.73 Å². The van der Waals surface area contributed by atoms with E-state index >= 15 is 0 Å². The third-order valence-electron chi connectivity index (χ3n) is 3.16. The van der Waals surface area contributed by atoms with E-state index in [1.807, 2.05) is 0 Å². The van der Waals surface area contributed by atoms with E-state index < -0.39 is 22.5 Å². The Morgan fingerprint density at radius 3 is 2.32 bits per heavy atom. The molecule has 3 N–H and O–H groups in total. The summed E-state index contributed by atoms with van der Waals surface area (Å²) >= 11 is 2.05. The number of nitrogens with one attached hydrogen (secondary N) is 1. The normalized spacial score (nSPS) is 11.0. The summed E-state index contributed by atoms with van der Waals surface area (Å²) in [6.45, 7) is 0.881. The van der Waals surface area contributed by atoms with E-state index in [-0.39, 0.29) is 10.8 Å². The summed E-state index contributed by atoms with van der Waals surface area (Å²) in [5, 5.41) is 2.56. The van der Waals surface area contributed by atoms with E-state index in [4.69, 9.17) is 5.73 Å². The zero-order valence-corrected chi connectivity index (χ0v) is 16.2. The van der Waals surface area contributed by atoms with Crippen LogP contribution in [-0.2, 0) is 19.6 Å². The van der Waals surface area contributed by atoms with Crippen molar-refractivity contribution in [3.8, 4) is 0 Å². The molecule has 2 aromatic rings. The van der Waals surface area contributed by atoms with Crippen molar-refractivity contribution in [1.82, 2.24) is 0 Å². The maximum absolute atomic E-state index is 12.9. The number of hydrogen-bond acceptors (Lipinski definition) is 4. The molecule has 0 aliphatic rings. The van der Waals surface area contributed by atoms with Gasteiger partial charge in [-0.15, -0.1) is 0 Å².